The van der Waals surface area contributed by atoms with Gasteiger partial charge in [-0.15, -0.1) is 0 Å². The number of hydrogen-bond donors (Lipinski definition) is 2. The first-order chi connectivity index (χ1) is 11.7. The Balaban J connectivity index is 2.22. The number of aromatic nitrogens is 3. The van der Waals surface area contributed by atoms with Gasteiger partial charge in [-0.05, 0) is 38.0 Å². The molecule has 0 unspecified atom stereocenters. The Morgan fingerprint density at radius 2 is 2.08 bits per heavy atom. The molecule has 1 atom stereocenters. The van der Waals surface area contributed by atoms with Gasteiger partial charge >= 0.3 is 0 Å². The molecule has 6 nitrogen and oxygen atoms in total. The molecule has 2 rings (SSSR count). The maximum absolute atomic E-state index is 12.7. The molecule has 1 amide bonds. The second kappa shape index (κ2) is 7.49. The van der Waals surface area contributed by atoms with Crippen molar-refractivity contribution in [1.29, 1.82) is 0 Å². The van der Waals surface area contributed by atoms with Crippen LogP contribution in [-0.2, 0) is 7.05 Å². The number of amides is 1. The fourth-order valence-corrected chi connectivity index (χ4v) is 2.30. The minimum Gasteiger partial charge on any atom is -0.378 e. The summed E-state index contributed by atoms with van der Waals surface area (Å²) < 4.78 is 1.66. The van der Waals surface area contributed by atoms with Crippen LogP contribution in [0.2, 0.25) is 0 Å². The van der Waals surface area contributed by atoms with Crippen LogP contribution in [0.3, 0.4) is 0 Å². The highest BCUT2D eigenvalue weighted by Gasteiger charge is 2.23. The highest BCUT2D eigenvalue weighted by atomic mass is 16.3. The fraction of sp³-hybridized carbons (Fsp3) is 0.421. The van der Waals surface area contributed by atoms with E-state index in [2.05, 4.69) is 27.2 Å². The van der Waals surface area contributed by atoms with Crippen LogP contribution in [0.15, 0.2) is 30.6 Å². The fourth-order valence-electron chi connectivity index (χ4n) is 2.30. The standard InChI is InChI=1S/C19H24N4O2/c1-13(2)16(17-20-12-21-23(17)5)22-18(24)15-8-6-7-14(11-15)9-10-19(3,4)25/h6-8,11-13,16,25H,1-5H3,(H,22,24)/t16-/m0/s1. The maximum Gasteiger partial charge on any atom is 0.251 e. The van der Waals surface area contributed by atoms with Crippen LogP contribution in [0, 0.1) is 17.8 Å². The highest BCUT2D eigenvalue weighted by Crippen LogP contribution is 2.19. The molecule has 25 heavy (non-hydrogen) atoms. The summed E-state index contributed by atoms with van der Waals surface area (Å²) >= 11 is 0. The molecule has 0 aliphatic carbocycles. The van der Waals surface area contributed by atoms with Crippen molar-refractivity contribution in [3.8, 4) is 11.8 Å². The van der Waals surface area contributed by atoms with Crippen molar-refractivity contribution in [3.63, 3.8) is 0 Å². The molecule has 132 valence electrons. The first-order valence-electron chi connectivity index (χ1n) is 8.18. The summed E-state index contributed by atoms with van der Waals surface area (Å²) in [5, 5.41) is 16.8. The summed E-state index contributed by atoms with van der Waals surface area (Å²) in [5.41, 5.74) is 0.108. The van der Waals surface area contributed by atoms with E-state index in [1.807, 2.05) is 13.8 Å². The van der Waals surface area contributed by atoms with Crippen molar-refractivity contribution >= 4 is 5.91 Å². The molecule has 0 aliphatic heterocycles. The van der Waals surface area contributed by atoms with E-state index in [0.29, 0.717) is 17.0 Å². The van der Waals surface area contributed by atoms with Crippen LogP contribution < -0.4 is 5.32 Å². The van der Waals surface area contributed by atoms with Gasteiger partial charge in [0.1, 0.15) is 17.8 Å². The van der Waals surface area contributed by atoms with Gasteiger partial charge in [0.2, 0.25) is 0 Å². The molecule has 0 fully saturated rings. The van der Waals surface area contributed by atoms with E-state index >= 15 is 0 Å². The lowest BCUT2D eigenvalue weighted by Gasteiger charge is -2.21. The minimum absolute atomic E-state index is 0.157. The quantitative estimate of drug-likeness (QED) is 0.835. The Morgan fingerprint density at radius 1 is 1.36 bits per heavy atom. The third-order valence-corrected chi connectivity index (χ3v) is 3.62. The van der Waals surface area contributed by atoms with Gasteiger partial charge in [0.15, 0.2) is 0 Å². The van der Waals surface area contributed by atoms with Gasteiger partial charge in [0, 0.05) is 18.2 Å². The Kier molecular flexibility index (Phi) is 5.60. The van der Waals surface area contributed by atoms with Crippen LogP contribution in [0.25, 0.3) is 0 Å². The number of hydrogen-bond acceptors (Lipinski definition) is 4. The molecule has 1 aromatic carbocycles. The van der Waals surface area contributed by atoms with E-state index in [-0.39, 0.29) is 17.9 Å². The Labute approximate surface area is 148 Å². The number of aryl methyl sites for hydroxylation is 1. The molecule has 6 heteroatoms. The first-order valence-corrected chi connectivity index (χ1v) is 8.18. The van der Waals surface area contributed by atoms with Crippen molar-refractivity contribution in [1.82, 2.24) is 20.1 Å². The molecular formula is C19H24N4O2. The zero-order chi connectivity index (χ0) is 18.6. The molecule has 2 aromatic rings. The van der Waals surface area contributed by atoms with E-state index in [0.717, 1.165) is 0 Å². The Bertz CT molecular complexity index is 807. The van der Waals surface area contributed by atoms with Crippen molar-refractivity contribution in [3.05, 3.63) is 47.5 Å². The van der Waals surface area contributed by atoms with E-state index in [1.165, 1.54) is 6.33 Å². The van der Waals surface area contributed by atoms with Crippen LogP contribution >= 0.6 is 0 Å². The second-order valence-corrected chi connectivity index (χ2v) is 6.83. The average molecular weight is 340 g/mol. The average Bonchev–Trinajstić information content (AvgIpc) is 2.95. The molecule has 1 heterocycles. The lowest BCUT2D eigenvalue weighted by Crippen LogP contribution is -2.33. The zero-order valence-electron chi connectivity index (χ0n) is 15.2. The van der Waals surface area contributed by atoms with Gasteiger partial charge in [0.05, 0.1) is 6.04 Å². The number of carbonyl (C=O) groups excluding carboxylic acids is 1. The lowest BCUT2D eigenvalue weighted by atomic mass is 10.0. The topological polar surface area (TPSA) is 80.0 Å². The normalized spacial score (nSPS) is 12.4. The number of carbonyl (C=O) groups is 1. The molecule has 0 saturated heterocycles. The maximum atomic E-state index is 12.7. The van der Waals surface area contributed by atoms with Gasteiger partial charge in [-0.25, -0.2) is 4.98 Å². The zero-order valence-corrected chi connectivity index (χ0v) is 15.2. The lowest BCUT2D eigenvalue weighted by molar-refractivity contribution is 0.0922. The van der Waals surface area contributed by atoms with Crippen molar-refractivity contribution in [2.24, 2.45) is 13.0 Å². The number of nitrogens with zero attached hydrogens (tertiary/aromatic N) is 3. The highest BCUT2D eigenvalue weighted by molar-refractivity contribution is 5.94. The molecule has 0 bridgehead atoms. The predicted molar refractivity (Wildman–Crippen MR) is 95.7 cm³/mol. The summed E-state index contributed by atoms with van der Waals surface area (Å²) in [6, 6.07) is 6.78. The summed E-state index contributed by atoms with van der Waals surface area (Å²) in [6.45, 7) is 7.27. The van der Waals surface area contributed by atoms with Gasteiger partial charge in [0.25, 0.3) is 5.91 Å². The SMILES string of the molecule is CC(C)[C@H](NC(=O)c1cccc(C#CC(C)(C)O)c1)c1ncnn1C. The van der Waals surface area contributed by atoms with Crippen LogP contribution in [0.5, 0.6) is 0 Å². The van der Waals surface area contributed by atoms with Crippen LogP contribution in [0.4, 0.5) is 0 Å². The third kappa shape index (κ3) is 5.16. The number of benzene rings is 1. The number of aliphatic hydroxyl groups is 1. The van der Waals surface area contributed by atoms with Crippen LogP contribution in [0.1, 0.15) is 55.5 Å². The smallest absolute Gasteiger partial charge is 0.251 e. The van der Waals surface area contributed by atoms with Gasteiger partial charge in [-0.3, -0.25) is 9.48 Å². The van der Waals surface area contributed by atoms with Crippen LogP contribution in [-0.4, -0.2) is 31.4 Å². The summed E-state index contributed by atoms with van der Waals surface area (Å²) in [6.07, 6.45) is 1.48. The third-order valence-electron chi connectivity index (χ3n) is 3.62. The van der Waals surface area contributed by atoms with Gasteiger partial charge in [-0.2, -0.15) is 5.10 Å². The summed E-state index contributed by atoms with van der Waals surface area (Å²) in [7, 11) is 1.80. The first kappa shape index (κ1) is 18.7. The Hall–Kier alpha value is -2.65. The number of nitrogens with one attached hydrogen (secondary N) is 1. The number of rotatable bonds is 4. The molecule has 0 aliphatic rings. The molecule has 0 spiro atoms. The van der Waals surface area contributed by atoms with E-state index in [9.17, 15) is 9.90 Å². The van der Waals surface area contributed by atoms with Gasteiger partial charge < -0.3 is 10.4 Å². The monoisotopic (exact) mass is 340 g/mol. The summed E-state index contributed by atoms with van der Waals surface area (Å²) in [4.78, 5) is 16.9. The largest absolute Gasteiger partial charge is 0.378 e. The minimum atomic E-state index is -1.08. The van der Waals surface area contributed by atoms with Crippen molar-refractivity contribution < 1.29 is 9.90 Å². The molecular weight excluding hydrogens is 316 g/mol. The molecule has 0 saturated carbocycles. The van der Waals surface area contributed by atoms with E-state index in [1.54, 1.807) is 49.8 Å². The molecule has 0 radical (unpaired) electrons. The van der Waals surface area contributed by atoms with Gasteiger partial charge in [-0.1, -0.05) is 31.8 Å². The molecule has 2 N–H and O–H groups in total. The van der Waals surface area contributed by atoms with Crippen molar-refractivity contribution in [2.45, 2.75) is 39.3 Å². The van der Waals surface area contributed by atoms with E-state index in [4.69, 9.17) is 0 Å². The molecule has 1 aromatic heterocycles. The van der Waals surface area contributed by atoms with E-state index < -0.39 is 5.60 Å². The van der Waals surface area contributed by atoms with Crippen molar-refractivity contribution in [2.75, 3.05) is 0 Å². The Morgan fingerprint density at radius 3 is 2.64 bits per heavy atom. The predicted octanol–water partition coefficient (Wildman–Crippen LogP) is 2.06. The second-order valence-electron chi connectivity index (χ2n) is 6.83. The summed E-state index contributed by atoms with van der Waals surface area (Å²) in [5.74, 6) is 6.30.